The number of benzene rings is 1. The van der Waals surface area contributed by atoms with Crippen molar-refractivity contribution in [3.05, 3.63) is 29.8 Å². The van der Waals surface area contributed by atoms with Crippen molar-refractivity contribution < 1.29 is 13.5 Å². The van der Waals surface area contributed by atoms with E-state index in [-0.39, 0.29) is 16.9 Å². The van der Waals surface area contributed by atoms with Gasteiger partial charge in [0, 0.05) is 12.1 Å². The molecular weight excluding hydrogens is 274 g/mol. The summed E-state index contributed by atoms with van der Waals surface area (Å²) in [5, 5.41) is 8.59. The minimum atomic E-state index is -3.47. The largest absolute Gasteiger partial charge is 0.384 e. The Labute approximate surface area is 121 Å². The first-order chi connectivity index (χ1) is 9.24. The summed E-state index contributed by atoms with van der Waals surface area (Å²) in [7, 11) is -3.47. The Bertz CT molecular complexity index is 587. The van der Waals surface area contributed by atoms with E-state index in [1.54, 1.807) is 12.1 Å². The van der Waals surface area contributed by atoms with Crippen LogP contribution < -0.4 is 4.72 Å². The normalized spacial score (nSPS) is 11.8. The molecule has 1 rings (SSSR count). The van der Waals surface area contributed by atoms with E-state index in [9.17, 15) is 8.42 Å². The van der Waals surface area contributed by atoms with Gasteiger partial charge >= 0.3 is 0 Å². The molecule has 110 valence electrons. The minimum Gasteiger partial charge on any atom is -0.384 e. The van der Waals surface area contributed by atoms with Gasteiger partial charge in [0.15, 0.2) is 0 Å². The van der Waals surface area contributed by atoms with Gasteiger partial charge in [0.1, 0.15) is 6.61 Å². The number of sulfonamides is 1. The van der Waals surface area contributed by atoms with Crippen LogP contribution >= 0.6 is 0 Å². The zero-order valence-corrected chi connectivity index (χ0v) is 12.9. The van der Waals surface area contributed by atoms with E-state index in [4.69, 9.17) is 5.11 Å². The van der Waals surface area contributed by atoms with Gasteiger partial charge in [-0.2, -0.15) is 0 Å². The molecule has 0 spiro atoms. The Morgan fingerprint density at radius 3 is 2.30 bits per heavy atom. The fourth-order valence-corrected chi connectivity index (χ4v) is 2.53. The van der Waals surface area contributed by atoms with Crippen LogP contribution in [0.5, 0.6) is 0 Å². The molecule has 20 heavy (non-hydrogen) atoms. The monoisotopic (exact) mass is 295 g/mol. The number of hydrogen-bond donors (Lipinski definition) is 2. The lowest BCUT2D eigenvalue weighted by atomic mass is 9.93. The predicted octanol–water partition coefficient (Wildman–Crippen LogP) is 1.74. The summed E-state index contributed by atoms with van der Waals surface area (Å²) in [6.07, 6.45) is 0.770. The van der Waals surface area contributed by atoms with Crippen molar-refractivity contribution in [2.75, 3.05) is 13.2 Å². The van der Waals surface area contributed by atoms with Gasteiger partial charge in [-0.05, 0) is 36.1 Å². The third kappa shape index (κ3) is 5.74. The molecule has 0 bridgehead atoms. The number of aliphatic hydroxyl groups excluding tert-OH is 1. The maximum atomic E-state index is 12.1. The molecule has 0 aliphatic rings. The van der Waals surface area contributed by atoms with Gasteiger partial charge < -0.3 is 5.11 Å². The number of rotatable bonds is 4. The molecule has 4 nitrogen and oxygen atoms in total. The second kappa shape index (κ2) is 6.89. The molecule has 5 heteroatoms. The summed E-state index contributed by atoms with van der Waals surface area (Å²) in [5.74, 6) is 5.23. The molecule has 0 aliphatic heterocycles. The molecule has 0 saturated heterocycles. The van der Waals surface area contributed by atoms with Gasteiger partial charge in [0.2, 0.25) is 10.0 Å². The van der Waals surface area contributed by atoms with Gasteiger partial charge in [-0.1, -0.05) is 32.6 Å². The van der Waals surface area contributed by atoms with Gasteiger partial charge in [-0.25, -0.2) is 13.1 Å². The highest BCUT2D eigenvalue weighted by molar-refractivity contribution is 7.89. The van der Waals surface area contributed by atoms with Gasteiger partial charge in [-0.15, -0.1) is 0 Å². The van der Waals surface area contributed by atoms with E-state index in [1.807, 2.05) is 0 Å². The Kier molecular flexibility index (Phi) is 5.75. The first kappa shape index (κ1) is 16.7. The zero-order chi connectivity index (χ0) is 15.2. The van der Waals surface area contributed by atoms with Crippen molar-refractivity contribution in [2.24, 2.45) is 5.41 Å². The lowest BCUT2D eigenvalue weighted by molar-refractivity contribution is 0.350. The van der Waals surface area contributed by atoms with Crippen LogP contribution in [0, 0.1) is 17.3 Å². The van der Waals surface area contributed by atoms with Crippen LogP contribution in [0.2, 0.25) is 0 Å². The van der Waals surface area contributed by atoms with Gasteiger partial charge in [0.25, 0.3) is 0 Å². The molecule has 2 N–H and O–H groups in total. The quantitative estimate of drug-likeness (QED) is 0.832. The molecule has 0 heterocycles. The zero-order valence-electron chi connectivity index (χ0n) is 12.1. The van der Waals surface area contributed by atoms with Gasteiger partial charge in [-0.3, -0.25) is 0 Å². The Hall–Kier alpha value is -1.35. The summed E-state index contributed by atoms with van der Waals surface area (Å²) >= 11 is 0. The third-order valence-electron chi connectivity index (χ3n) is 2.64. The number of nitrogens with one attached hydrogen (secondary N) is 1. The molecular formula is C15H21NO3S. The summed E-state index contributed by atoms with van der Waals surface area (Å²) in [6, 6.07) is 6.28. The fourth-order valence-electron chi connectivity index (χ4n) is 1.50. The molecule has 0 aromatic heterocycles. The van der Waals surface area contributed by atoms with E-state index in [0.29, 0.717) is 12.1 Å². The van der Waals surface area contributed by atoms with Crippen LogP contribution in [0.3, 0.4) is 0 Å². The van der Waals surface area contributed by atoms with Gasteiger partial charge in [0.05, 0.1) is 4.90 Å². The highest BCUT2D eigenvalue weighted by atomic mass is 32.2. The van der Waals surface area contributed by atoms with Crippen molar-refractivity contribution in [3.63, 3.8) is 0 Å². The predicted molar refractivity (Wildman–Crippen MR) is 79.7 cm³/mol. The highest BCUT2D eigenvalue weighted by Crippen LogP contribution is 2.18. The molecule has 1 aromatic carbocycles. The van der Waals surface area contributed by atoms with Crippen LogP contribution in [-0.4, -0.2) is 26.7 Å². The summed E-state index contributed by atoms with van der Waals surface area (Å²) in [5.41, 5.74) is 0.763. The standard InChI is InChI=1S/C15H21NO3S/c1-15(2,3)10-11-16-20(18,19)14-8-6-13(7-9-14)5-4-12-17/h6-9,16-17H,10-12H2,1-3H3. The fraction of sp³-hybridized carbons (Fsp3) is 0.467. The molecule has 1 aromatic rings. The Balaban J connectivity index is 2.73. The van der Waals surface area contributed by atoms with E-state index >= 15 is 0 Å². The molecule has 0 saturated carbocycles. The van der Waals surface area contributed by atoms with Crippen LogP contribution in [0.15, 0.2) is 29.2 Å². The maximum Gasteiger partial charge on any atom is 0.240 e. The maximum absolute atomic E-state index is 12.1. The summed E-state index contributed by atoms with van der Waals surface area (Å²) < 4.78 is 26.7. The SMILES string of the molecule is CC(C)(C)CCNS(=O)(=O)c1ccc(C#CCO)cc1. The van der Waals surface area contributed by atoms with E-state index in [1.165, 1.54) is 12.1 Å². The number of hydrogen-bond acceptors (Lipinski definition) is 3. The van der Waals surface area contributed by atoms with Crippen LogP contribution in [0.4, 0.5) is 0 Å². The van der Waals surface area contributed by atoms with E-state index in [0.717, 1.165) is 6.42 Å². The van der Waals surface area contributed by atoms with Crippen molar-refractivity contribution in [2.45, 2.75) is 32.1 Å². The van der Waals surface area contributed by atoms with Crippen molar-refractivity contribution in [1.82, 2.24) is 4.72 Å². The topological polar surface area (TPSA) is 66.4 Å². The lowest BCUT2D eigenvalue weighted by Crippen LogP contribution is -2.27. The first-order valence-corrected chi connectivity index (χ1v) is 7.92. The highest BCUT2D eigenvalue weighted by Gasteiger charge is 2.15. The molecule has 0 atom stereocenters. The third-order valence-corrected chi connectivity index (χ3v) is 4.12. The van der Waals surface area contributed by atoms with Crippen LogP contribution in [0.1, 0.15) is 32.8 Å². The Morgan fingerprint density at radius 1 is 1.20 bits per heavy atom. The number of aliphatic hydroxyl groups is 1. The molecule has 0 radical (unpaired) electrons. The minimum absolute atomic E-state index is 0.0895. The summed E-state index contributed by atoms with van der Waals surface area (Å²) in [6.45, 7) is 6.40. The molecule has 0 amide bonds. The van der Waals surface area contributed by atoms with Crippen LogP contribution in [-0.2, 0) is 10.0 Å². The van der Waals surface area contributed by atoms with Crippen molar-refractivity contribution >= 4 is 10.0 Å². The molecule has 0 aliphatic carbocycles. The molecule has 0 fully saturated rings. The average molecular weight is 295 g/mol. The molecule has 0 unspecified atom stereocenters. The average Bonchev–Trinajstić information content (AvgIpc) is 2.35. The smallest absolute Gasteiger partial charge is 0.240 e. The first-order valence-electron chi connectivity index (χ1n) is 6.44. The second-order valence-electron chi connectivity index (χ2n) is 5.69. The lowest BCUT2D eigenvalue weighted by Gasteiger charge is -2.18. The van der Waals surface area contributed by atoms with Crippen molar-refractivity contribution in [3.8, 4) is 11.8 Å². The van der Waals surface area contributed by atoms with E-state index in [2.05, 4.69) is 37.3 Å². The second-order valence-corrected chi connectivity index (χ2v) is 7.46. The van der Waals surface area contributed by atoms with Crippen molar-refractivity contribution in [1.29, 1.82) is 0 Å². The summed E-state index contributed by atoms with van der Waals surface area (Å²) in [4.78, 5) is 0.223. The van der Waals surface area contributed by atoms with Crippen LogP contribution in [0.25, 0.3) is 0 Å². The Morgan fingerprint density at radius 2 is 1.80 bits per heavy atom. The van der Waals surface area contributed by atoms with E-state index < -0.39 is 10.0 Å².